The van der Waals surface area contributed by atoms with Crippen molar-refractivity contribution < 1.29 is 14.5 Å². The summed E-state index contributed by atoms with van der Waals surface area (Å²) in [5.74, 6) is -0.358. The average molecular weight is 403 g/mol. The maximum Gasteiger partial charge on any atom is 0.293 e. The molecule has 7 nitrogen and oxygen atoms in total. The number of amides is 1. The summed E-state index contributed by atoms with van der Waals surface area (Å²) in [6.07, 6.45) is -0.288. The van der Waals surface area contributed by atoms with Crippen LogP contribution in [0.2, 0.25) is 0 Å². The van der Waals surface area contributed by atoms with Crippen LogP contribution < -0.4 is 10.6 Å². The molecule has 2 N–H and O–H groups in total. The summed E-state index contributed by atoms with van der Waals surface area (Å²) in [6.45, 7) is 0.564. The van der Waals surface area contributed by atoms with Crippen molar-refractivity contribution >= 4 is 17.3 Å². The van der Waals surface area contributed by atoms with Crippen LogP contribution in [0, 0.1) is 10.1 Å². The number of nitrogens with zero attached hydrogens (tertiary/aromatic N) is 1. The molecular weight excluding hydrogens is 382 g/mol. The molecule has 0 fully saturated rings. The van der Waals surface area contributed by atoms with Crippen LogP contribution in [0.3, 0.4) is 0 Å². The van der Waals surface area contributed by atoms with E-state index in [1.807, 2.05) is 60.7 Å². The predicted octanol–water partition coefficient (Wildman–Crippen LogP) is 3.92. The van der Waals surface area contributed by atoms with Crippen molar-refractivity contribution in [1.82, 2.24) is 5.32 Å². The van der Waals surface area contributed by atoms with Crippen molar-refractivity contribution in [1.29, 1.82) is 0 Å². The van der Waals surface area contributed by atoms with E-state index in [4.69, 9.17) is 4.74 Å². The van der Waals surface area contributed by atoms with Crippen molar-refractivity contribution in [2.45, 2.75) is 12.1 Å². The Kier molecular flexibility index (Phi) is 5.72. The summed E-state index contributed by atoms with van der Waals surface area (Å²) in [6, 6.07) is 23.9. The van der Waals surface area contributed by atoms with Crippen molar-refractivity contribution in [3.8, 4) is 0 Å². The van der Waals surface area contributed by atoms with Gasteiger partial charge in [0.05, 0.1) is 23.1 Å². The molecule has 152 valence electrons. The molecular formula is C23H21N3O4. The molecule has 1 heterocycles. The molecule has 0 unspecified atom stereocenters. The number of ether oxygens (including phenoxy) is 1. The van der Waals surface area contributed by atoms with Gasteiger partial charge in [0, 0.05) is 12.6 Å². The summed E-state index contributed by atoms with van der Waals surface area (Å²) >= 11 is 0. The number of fused-ring (bicyclic) bond motifs is 1. The van der Waals surface area contributed by atoms with Gasteiger partial charge in [-0.1, -0.05) is 66.7 Å². The number of benzene rings is 3. The van der Waals surface area contributed by atoms with Gasteiger partial charge in [-0.05, 0) is 17.2 Å². The van der Waals surface area contributed by atoms with E-state index in [1.54, 1.807) is 6.07 Å². The fraction of sp³-hybridized carbons (Fsp3) is 0.174. The average Bonchev–Trinajstić information content (AvgIpc) is 2.94. The molecule has 0 aromatic heterocycles. The lowest BCUT2D eigenvalue weighted by Crippen LogP contribution is -2.41. The van der Waals surface area contributed by atoms with E-state index in [1.165, 1.54) is 12.1 Å². The summed E-state index contributed by atoms with van der Waals surface area (Å²) in [5.41, 5.74) is 2.40. The molecule has 0 saturated carbocycles. The smallest absolute Gasteiger partial charge is 0.293 e. The third kappa shape index (κ3) is 4.16. The fourth-order valence-corrected chi connectivity index (χ4v) is 3.56. The minimum atomic E-state index is -0.489. The zero-order valence-electron chi connectivity index (χ0n) is 16.2. The first-order valence-corrected chi connectivity index (χ1v) is 9.67. The van der Waals surface area contributed by atoms with Gasteiger partial charge in [0.1, 0.15) is 11.8 Å². The van der Waals surface area contributed by atoms with Crippen LogP contribution >= 0.6 is 0 Å². The van der Waals surface area contributed by atoms with Crippen LogP contribution in [0.5, 0.6) is 0 Å². The van der Waals surface area contributed by atoms with Crippen molar-refractivity contribution in [2.24, 2.45) is 0 Å². The minimum absolute atomic E-state index is 0.115. The number of para-hydroxylation sites is 1. The summed E-state index contributed by atoms with van der Waals surface area (Å²) in [4.78, 5) is 23.5. The van der Waals surface area contributed by atoms with Crippen LogP contribution in [0.15, 0.2) is 78.9 Å². The first kappa shape index (κ1) is 19.6. The summed E-state index contributed by atoms with van der Waals surface area (Å²) in [7, 11) is 0. The number of nitrogens with one attached hydrogen (secondary N) is 2. The number of carbonyl (C=O) groups is 1. The largest absolute Gasteiger partial charge is 0.377 e. The van der Waals surface area contributed by atoms with E-state index < -0.39 is 4.92 Å². The molecule has 4 rings (SSSR count). The van der Waals surface area contributed by atoms with E-state index in [9.17, 15) is 14.9 Å². The monoisotopic (exact) mass is 403 g/mol. The van der Waals surface area contributed by atoms with Crippen LogP contribution in [-0.4, -0.2) is 30.0 Å². The SMILES string of the molecule is O=C1N[C@@H](COC(c2ccccc2)c2ccccc2)CNc2c1cccc2[N+](=O)[O-]. The first-order valence-electron chi connectivity index (χ1n) is 9.67. The zero-order valence-corrected chi connectivity index (χ0v) is 16.2. The molecule has 3 aromatic carbocycles. The van der Waals surface area contributed by atoms with E-state index in [2.05, 4.69) is 10.6 Å². The Morgan fingerprint density at radius 1 is 0.967 bits per heavy atom. The van der Waals surface area contributed by atoms with Crippen LogP contribution in [0.1, 0.15) is 27.6 Å². The lowest BCUT2D eigenvalue weighted by Gasteiger charge is -2.23. The van der Waals surface area contributed by atoms with Gasteiger partial charge in [-0.15, -0.1) is 0 Å². The Morgan fingerprint density at radius 3 is 2.20 bits per heavy atom. The molecule has 1 aliphatic heterocycles. The lowest BCUT2D eigenvalue weighted by molar-refractivity contribution is -0.384. The zero-order chi connectivity index (χ0) is 20.9. The molecule has 0 bridgehead atoms. The number of nitro benzene ring substituents is 1. The highest BCUT2D eigenvalue weighted by atomic mass is 16.6. The Hall–Kier alpha value is -3.71. The van der Waals surface area contributed by atoms with Crippen LogP contribution in [0.4, 0.5) is 11.4 Å². The van der Waals surface area contributed by atoms with Crippen molar-refractivity contribution in [3.63, 3.8) is 0 Å². The Labute approximate surface area is 173 Å². The van der Waals surface area contributed by atoms with Gasteiger partial charge in [0.15, 0.2) is 0 Å². The second-order valence-electron chi connectivity index (χ2n) is 7.04. The number of hydrogen-bond donors (Lipinski definition) is 2. The summed E-state index contributed by atoms with van der Waals surface area (Å²) < 4.78 is 6.25. The van der Waals surface area contributed by atoms with Gasteiger partial charge in [-0.25, -0.2) is 0 Å². The lowest BCUT2D eigenvalue weighted by atomic mass is 10.0. The quantitative estimate of drug-likeness (QED) is 0.481. The molecule has 0 aliphatic carbocycles. The van der Waals surface area contributed by atoms with Gasteiger partial charge in [0.2, 0.25) is 0 Å². The van der Waals surface area contributed by atoms with Crippen molar-refractivity contribution in [2.75, 3.05) is 18.5 Å². The molecule has 1 aliphatic rings. The van der Waals surface area contributed by atoms with Gasteiger partial charge in [-0.3, -0.25) is 14.9 Å². The second kappa shape index (κ2) is 8.75. The number of rotatable bonds is 6. The highest BCUT2D eigenvalue weighted by Crippen LogP contribution is 2.30. The molecule has 0 saturated heterocycles. The van der Waals surface area contributed by atoms with Gasteiger partial charge < -0.3 is 15.4 Å². The van der Waals surface area contributed by atoms with E-state index in [0.717, 1.165) is 11.1 Å². The predicted molar refractivity (Wildman–Crippen MR) is 114 cm³/mol. The molecule has 7 heteroatoms. The van der Waals surface area contributed by atoms with E-state index >= 15 is 0 Å². The number of nitro groups is 1. The molecule has 30 heavy (non-hydrogen) atoms. The van der Waals surface area contributed by atoms with Crippen LogP contribution in [0.25, 0.3) is 0 Å². The third-order valence-corrected chi connectivity index (χ3v) is 5.01. The Balaban J connectivity index is 1.52. The molecule has 1 amide bonds. The van der Waals surface area contributed by atoms with E-state index in [-0.39, 0.29) is 41.6 Å². The Morgan fingerprint density at radius 2 is 1.60 bits per heavy atom. The molecule has 0 radical (unpaired) electrons. The van der Waals surface area contributed by atoms with Gasteiger partial charge in [-0.2, -0.15) is 0 Å². The third-order valence-electron chi connectivity index (χ3n) is 5.01. The first-order chi connectivity index (χ1) is 14.6. The molecule has 3 aromatic rings. The summed E-state index contributed by atoms with van der Waals surface area (Å²) in [5, 5.41) is 17.3. The van der Waals surface area contributed by atoms with Crippen LogP contribution in [-0.2, 0) is 4.74 Å². The maximum atomic E-state index is 12.6. The number of hydrogen-bond acceptors (Lipinski definition) is 5. The normalized spacial score (nSPS) is 15.6. The number of anilines is 1. The minimum Gasteiger partial charge on any atom is -0.377 e. The Bertz CT molecular complexity index is 1000. The topological polar surface area (TPSA) is 93.5 Å². The van der Waals surface area contributed by atoms with Gasteiger partial charge >= 0.3 is 0 Å². The van der Waals surface area contributed by atoms with Crippen molar-refractivity contribution in [3.05, 3.63) is 106 Å². The van der Waals surface area contributed by atoms with E-state index in [0.29, 0.717) is 6.54 Å². The fourth-order valence-electron chi connectivity index (χ4n) is 3.56. The maximum absolute atomic E-state index is 12.6. The molecule has 0 spiro atoms. The second-order valence-corrected chi connectivity index (χ2v) is 7.04. The number of carbonyl (C=O) groups excluding carboxylic acids is 1. The highest BCUT2D eigenvalue weighted by Gasteiger charge is 2.28. The highest BCUT2D eigenvalue weighted by molar-refractivity contribution is 6.02. The van der Waals surface area contributed by atoms with Gasteiger partial charge in [0.25, 0.3) is 11.6 Å². The standard InChI is InChI=1S/C23H21N3O4/c27-23-19-12-7-13-20(26(28)29)21(19)24-14-18(25-23)15-30-22(16-8-3-1-4-9-16)17-10-5-2-6-11-17/h1-13,18,22,24H,14-15H2,(H,25,27)/t18-/m1/s1. The molecule has 1 atom stereocenters.